The average molecular weight is 399 g/mol. The first-order valence-electron chi connectivity index (χ1n) is 9.52. The number of hydrogen-bond acceptors (Lipinski definition) is 4. The Bertz CT molecular complexity index is 1320. The number of imidazole rings is 1. The fourth-order valence-corrected chi connectivity index (χ4v) is 3.48. The van der Waals surface area contributed by atoms with Gasteiger partial charge in [-0.15, -0.1) is 0 Å². The predicted molar refractivity (Wildman–Crippen MR) is 119 cm³/mol. The minimum Gasteiger partial charge on any atom is -0.453 e. The summed E-state index contributed by atoms with van der Waals surface area (Å²) in [6.07, 6.45) is 4.76. The van der Waals surface area contributed by atoms with E-state index in [0.29, 0.717) is 5.69 Å². The van der Waals surface area contributed by atoms with E-state index in [4.69, 9.17) is 9.72 Å². The number of pyridine rings is 1. The van der Waals surface area contributed by atoms with Crippen LogP contribution in [0.15, 0.2) is 60.8 Å². The summed E-state index contributed by atoms with van der Waals surface area (Å²) in [7, 11) is 1.32. The zero-order valence-corrected chi connectivity index (χ0v) is 17.0. The van der Waals surface area contributed by atoms with E-state index in [1.54, 1.807) is 12.2 Å². The molecule has 0 aliphatic carbocycles. The number of carbonyl (C=O) groups excluding carboxylic acids is 2. The van der Waals surface area contributed by atoms with E-state index in [1.165, 1.54) is 14.0 Å². The number of nitrogens with one attached hydrogen (secondary N) is 1. The van der Waals surface area contributed by atoms with Gasteiger partial charge in [-0.25, -0.2) is 9.78 Å². The van der Waals surface area contributed by atoms with Crippen molar-refractivity contribution in [2.24, 2.45) is 0 Å². The van der Waals surface area contributed by atoms with Crippen LogP contribution in [0, 0.1) is 6.92 Å². The number of allylic oxidation sites excluding steroid dienone is 1. The molecule has 150 valence electrons. The molecular formula is C24H21N3O3. The Morgan fingerprint density at radius 1 is 1.13 bits per heavy atom. The molecule has 0 spiro atoms. The highest BCUT2D eigenvalue weighted by atomic mass is 16.5. The van der Waals surface area contributed by atoms with Gasteiger partial charge in [-0.2, -0.15) is 0 Å². The fourth-order valence-electron chi connectivity index (χ4n) is 3.48. The number of ether oxygens (including phenoxy) is 1. The summed E-state index contributed by atoms with van der Waals surface area (Å²) < 4.78 is 6.65. The topological polar surface area (TPSA) is 72.7 Å². The molecule has 6 nitrogen and oxygen atoms in total. The number of benzene rings is 2. The van der Waals surface area contributed by atoms with Gasteiger partial charge in [0.2, 0.25) is 0 Å². The van der Waals surface area contributed by atoms with Crippen LogP contribution >= 0.6 is 0 Å². The van der Waals surface area contributed by atoms with Crippen molar-refractivity contribution in [1.82, 2.24) is 9.38 Å². The molecule has 2 heterocycles. The maximum Gasteiger partial charge on any atom is 0.411 e. The molecule has 4 rings (SSSR count). The second-order valence-electron chi connectivity index (χ2n) is 7.03. The van der Waals surface area contributed by atoms with Crippen molar-refractivity contribution in [2.45, 2.75) is 13.8 Å². The molecule has 0 radical (unpaired) electrons. The number of amides is 1. The molecule has 0 atom stereocenters. The Morgan fingerprint density at radius 3 is 2.67 bits per heavy atom. The van der Waals surface area contributed by atoms with Crippen LogP contribution in [0.5, 0.6) is 0 Å². The maximum atomic E-state index is 11.6. The van der Waals surface area contributed by atoms with Crippen molar-refractivity contribution in [3.05, 3.63) is 72.1 Å². The molecule has 0 aliphatic heterocycles. The number of methoxy groups -OCH3 is 1. The summed E-state index contributed by atoms with van der Waals surface area (Å²) in [5.74, 6) is -0.0361. The van der Waals surface area contributed by atoms with Gasteiger partial charge in [-0.05, 0) is 55.1 Å². The van der Waals surface area contributed by atoms with E-state index in [1.807, 2.05) is 66.1 Å². The summed E-state index contributed by atoms with van der Waals surface area (Å²) in [6.45, 7) is 3.56. The Labute approximate surface area is 173 Å². The second kappa shape index (κ2) is 7.83. The third-order valence-corrected chi connectivity index (χ3v) is 4.95. The summed E-state index contributed by atoms with van der Waals surface area (Å²) in [5.41, 5.74) is 5.07. The van der Waals surface area contributed by atoms with E-state index < -0.39 is 6.09 Å². The molecule has 0 aliphatic rings. The van der Waals surface area contributed by atoms with Crippen LogP contribution in [0.2, 0.25) is 0 Å². The first-order valence-corrected chi connectivity index (χ1v) is 9.52. The van der Waals surface area contributed by atoms with Gasteiger partial charge in [0, 0.05) is 22.8 Å². The minimum absolute atomic E-state index is 0.0361. The number of nitrogens with zero attached hydrogens (tertiary/aromatic N) is 2. The lowest BCUT2D eigenvalue weighted by Gasteiger charge is -2.07. The van der Waals surface area contributed by atoms with Crippen LogP contribution in [-0.2, 0) is 9.53 Å². The SMILES string of the molecule is COC(=O)Nc1ccc2ccn3c(C=CC(C)=O)c(-c4ccccc4C)nc3c2c1. The first-order chi connectivity index (χ1) is 14.5. The summed E-state index contributed by atoms with van der Waals surface area (Å²) in [5, 5.41) is 4.56. The van der Waals surface area contributed by atoms with Crippen LogP contribution in [0.25, 0.3) is 33.8 Å². The first kappa shape index (κ1) is 19.4. The van der Waals surface area contributed by atoms with Crippen LogP contribution in [0.1, 0.15) is 18.2 Å². The molecule has 2 aromatic heterocycles. The Morgan fingerprint density at radius 2 is 1.93 bits per heavy atom. The van der Waals surface area contributed by atoms with Crippen LogP contribution < -0.4 is 5.32 Å². The molecule has 2 aromatic carbocycles. The van der Waals surface area contributed by atoms with Gasteiger partial charge in [0.15, 0.2) is 5.78 Å². The van der Waals surface area contributed by atoms with Gasteiger partial charge < -0.3 is 4.74 Å². The van der Waals surface area contributed by atoms with Gasteiger partial charge in [-0.3, -0.25) is 14.5 Å². The second-order valence-corrected chi connectivity index (χ2v) is 7.03. The number of anilines is 1. The van der Waals surface area contributed by atoms with Crippen molar-refractivity contribution in [3.8, 4) is 11.3 Å². The van der Waals surface area contributed by atoms with Gasteiger partial charge in [0.05, 0.1) is 18.5 Å². The summed E-state index contributed by atoms with van der Waals surface area (Å²) >= 11 is 0. The van der Waals surface area contributed by atoms with E-state index in [2.05, 4.69) is 5.32 Å². The predicted octanol–water partition coefficient (Wildman–Crippen LogP) is 5.24. The van der Waals surface area contributed by atoms with Gasteiger partial charge >= 0.3 is 6.09 Å². The van der Waals surface area contributed by atoms with Crippen LogP contribution in [-0.4, -0.2) is 28.4 Å². The molecule has 0 saturated heterocycles. The lowest BCUT2D eigenvalue weighted by Crippen LogP contribution is -2.10. The number of aromatic nitrogens is 2. The van der Waals surface area contributed by atoms with Crippen molar-refractivity contribution < 1.29 is 14.3 Å². The standard InChI is InChI=1S/C24H21N3O3/c1-15-6-4-5-7-19(15)22-21(11-8-16(2)28)27-13-12-17-9-10-18(25-24(29)30-3)14-20(17)23(27)26-22/h4-14H,1-3H3,(H,25,29). The van der Waals surface area contributed by atoms with Gasteiger partial charge in [-0.1, -0.05) is 30.3 Å². The van der Waals surface area contributed by atoms with Gasteiger partial charge in [0.1, 0.15) is 5.65 Å². The van der Waals surface area contributed by atoms with E-state index in [-0.39, 0.29) is 5.78 Å². The molecule has 1 N–H and O–H groups in total. The summed E-state index contributed by atoms with van der Waals surface area (Å²) in [6, 6.07) is 15.6. The number of rotatable bonds is 4. The largest absolute Gasteiger partial charge is 0.453 e. The summed E-state index contributed by atoms with van der Waals surface area (Å²) in [4.78, 5) is 28.2. The van der Waals surface area contributed by atoms with Crippen molar-refractivity contribution in [3.63, 3.8) is 0 Å². The molecule has 0 bridgehead atoms. The van der Waals surface area contributed by atoms with E-state index in [9.17, 15) is 9.59 Å². The molecule has 0 fully saturated rings. The maximum absolute atomic E-state index is 11.6. The lowest BCUT2D eigenvalue weighted by molar-refractivity contribution is -0.112. The third kappa shape index (κ3) is 3.55. The Balaban J connectivity index is 2.00. The third-order valence-electron chi connectivity index (χ3n) is 4.95. The number of hydrogen-bond donors (Lipinski definition) is 1. The zero-order valence-electron chi connectivity index (χ0n) is 17.0. The fraction of sp³-hybridized carbons (Fsp3) is 0.125. The van der Waals surface area contributed by atoms with Crippen molar-refractivity contribution in [2.75, 3.05) is 12.4 Å². The monoisotopic (exact) mass is 399 g/mol. The zero-order chi connectivity index (χ0) is 21.3. The lowest BCUT2D eigenvalue weighted by atomic mass is 10.0. The van der Waals surface area contributed by atoms with Crippen molar-refractivity contribution >= 4 is 40.1 Å². The number of aryl methyl sites for hydroxylation is 1. The molecule has 4 aromatic rings. The Kier molecular flexibility index (Phi) is 5.06. The smallest absolute Gasteiger partial charge is 0.411 e. The van der Waals surface area contributed by atoms with Crippen LogP contribution in [0.3, 0.4) is 0 Å². The molecule has 30 heavy (non-hydrogen) atoms. The molecular weight excluding hydrogens is 378 g/mol. The normalized spacial score (nSPS) is 11.3. The van der Waals surface area contributed by atoms with E-state index in [0.717, 1.165) is 38.9 Å². The molecule has 1 amide bonds. The quantitative estimate of drug-likeness (QED) is 0.476. The highest BCUT2D eigenvalue weighted by Crippen LogP contribution is 2.32. The number of carbonyl (C=O) groups is 2. The highest BCUT2D eigenvalue weighted by Gasteiger charge is 2.16. The molecule has 0 unspecified atom stereocenters. The van der Waals surface area contributed by atoms with Crippen LogP contribution in [0.4, 0.5) is 10.5 Å². The Hall–Kier alpha value is -3.93. The minimum atomic E-state index is -0.532. The van der Waals surface area contributed by atoms with Gasteiger partial charge in [0.25, 0.3) is 0 Å². The number of fused-ring (bicyclic) bond motifs is 3. The average Bonchev–Trinajstić information content (AvgIpc) is 3.11. The number of ketones is 1. The van der Waals surface area contributed by atoms with Crippen molar-refractivity contribution in [1.29, 1.82) is 0 Å². The van der Waals surface area contributed by atoms with E-state index >= 15 is 0 Å². The molecule has 6 heteroatoms. The molecule has 0 saturated carbocycles. The highest BCUT2D eigenvalue weighted by molar-refractivity contribution is 6.00.